The normalized spacial score (nSPS) is 21.4. The number of hydrogen-bond donors (Lipinski definition) is 2. The van der Waals surface area contributed by atoms with Crippen LogP contribution >= 0.6 is 0 Å². The van der Waals surface area contributed by atoms with Gasteiger partial charge in [0.15, 0.2) is 24.5 Å². The monoisotopic (exact) mass is 652 g/mol. The molecule has 2 rings (SSSR count). The summed E-state index contributed by atoms with van der Waals surface area (Å²) in [6, 6.07) is 7.11. The van der Waals surface area contributed by atoms with Crippen LogP contribution in [0, 0.1) is 0 Å². The molecule has 0 unspecified atom stereocenters. The molecule has 0 aliphatic carbocycles. The van der Waals surface area contributed by atoms with Crippen LogP contribution < -0.4 is 10.6 Å². The van der Waals surface area contributed by atoms with Gasteiger partial charge in [-0.05, 0) is 26.3 Å². The summed E-state index contributed by atoms with van der Waals surface area (Å²) in [4.78, 5) is 86.5. The number of ether oxygens (including phenoxy) is 7. The predicted molar refractivity (Wildman–Crippen MR) is 154 cm³/mol. The maximum Gasteiger partial charge on any atom is 0.408 e. The number of carbonyl (C=O) groups is 7. The SMILES string of the molecule is CC(=O)OC[C@H]1O[C@H](NC(=O)C[C@H](NC(=O)OC(C)(C)C)C(=O)OCc2ccccc2)[C@H](OC(C)=O)[C@@H](OC(C)=O)[C@@H]1OC(C)=O. The summed E-state index contributed by atoms with van der Waals surface area (Å²) in [5.74, 6) is -5.17. The summed E-state index contributed by atoms with van der Waals surface area (Å²) in [5, 5.41) is 4.76. The topological polar surface area (TPSA) is 208 Å². The van der Waals surface area contributed by atoms with Gasteiger partial charge in [0.25, 0.3) is 0 Å². The van der Waals surface area contributed by atoms with Crippen molar-refractivity contribution < 1.29 is 66.7 Å². The lowest BCUT2D eigenvalue weighted by atomic mass is 9.97. The van der Waals surface area contributed by atoms with Crippen molar-refractivity contribution in [1.29, 1.82) is 0 Å². The van der Waals surface area contributed by atoms with Crippen molar-refractivity contribution in [3.63, 3.8) is 0 Å². The van der Waals surface area contributed by atoms with Crippen LogP contribution in [0.15, 0.2) is 30.3 Å². The predicted octanol–water partition coefficient (Wildman–Crippen LogP) is 1.21. The van der Waals surface area contributed by atoms with E-state index in [2.05, 4.69) is 10.6 Å². The molecular formula is C30H40N2O14. The first kappa shape index (κ1) is 37.5. The van der Waals surface area contributed by atoms with Crippen molar-refractivity contribution in [1.82, 2.24) is 10.6 Å². The molecule has 2 amide bonds. The second-order valence-corrected chi connectivity index (χ2v) is 11.2. The average molecular weight is 653 g/mol. The molecule has 1 saturated heterocycles. The number of esters is 5. The molecule has 1 heterocycles. The van der Waals surface area contributed by atoms with E-state index in [1.165, 1.54) is 0 Å². The van der Waals surface area contributed by atoms with Crippen LogP contribution in [0.2, 0.25) is 0 Å². The summed E-state index contributed by atoms with van der Waals surface area (Å²) < 4.78 is 37.4. The molecule has 0 radical (unpaired) electrons. The number of carbonyl (C=O) groups excluding carboxylic acids is 7. The molecule has 1 aliphatic heterocycles. The maximum absolute atomic E-state index is 13.3. The average Bonchev–Trinajstić information content (AvgIpc) is 2.92. The third-order valence-electron chi connectivity index (χ3n) is 5.88. The highest BCUT2D eigenvalue weighted by molar-refractivity contribution is 5.88. The molecule has 1 aromatic rings. The van der Waals surface area contributed by atoms with Gasteiger partial charge in [-0.15, -0.1) is 0 Å². The van der Waals surface area contributed by atoms with Gasteiger partial charge < -0.3 is 43.8 Å². The van der Waals surface area contributed by atoms with Crippen LogP contribution in [0.1, 0.15) is 60.5 Å². The van der Waals surface area contributed by atoms with Gasteiger partial charge in [0.2, 0.25) is 5.91 Å². The number of rotatable bonds is 12. The highest BCUT2D eigenvalue weighted by Crippen LogP contribution is 2.28. The third-order valence-corrected chi connectivity index (χ3v) is 5.88. The van der Waals surface area contributed by atoms with Gasteiger partial charge in [-0.3, -0.25) is 24.0 Å². The molecule has 254 valence electrons. The molecule has 1 fully saturated rings. The quantitative estimate of drug-likeness (QED) is 0.240. The molecule has 6 atom stereocenters. The Labute approximate surface area is 265 Å². The van der Waals surface area contributed by atoms with Crippen molar-refractivity contribution in [3.8, 4) is 0 Å². The molecule has 2 N–H and O–H groups in total. The van der Waals surface area contributed by atoms with Gasteiger partial charge in [0.1, 0.15) is 31.0 Å². The number of hydrogen-bond acceptors (Lipinski definition) is 14. The Hall–Kier alpha value is -4.73. The van der Waals surface area contributed by atoms with Crippen LogP contribution in [0.4, 0.5) is 4.79 Å². The van der Waals surface area contributed by atoms with E-state index < -0.39 is 97.2 Å². The van der Waals surface area contributed by atoms with Gasteiger partial charge in [0.05, 0.1) is 6.42 Å². The number of benzene rings is 1. The van der Waals surface area contributed by atoms with Crippen molar-refractivity contribution in [2.75, 3.05) is 6.61 Å². The van der Waals surface area contributed by atoms with E-state index in [1.807, 2.05) is 0 Å². The fraction of sp³-hybridized carbons (Fsp3) is 0.567. The highest BCUT2D eigenvalue weighted by atomic mass is 16.7. The van der Waals surface area contributed by atoms with Crippen LogP contribution in [0.3, 0.4) is 0 Å². The summed E-state index contributed by atoms with van der Waals surface area (Å²) in [6.45, 7) is 8.41. The van der Waals surface area contributed by atoms with Gasteiger partial charge in [-0.25, -0.2) is 9.59 Å². The molecule has 46 heavy (non-hydrogen) atoms. The Morgan fingerprint density at radius 1 is 0.783 bits per heavy atom. The molecule has 0 spiro atoms. The van der Waals surface area contributed by atoms with E-state index >= 15 is 0 Å². The minimum absolute atomic E-state index is 0.159. The molecule has 16 nitrogen and oxygen atoms in total. The smallest absolute Gasteiger partial charge is 0.408 e. The van der Waals surface area contributed by atoms with Crippen molar-refractivity contribution in [2.45, 2.75) is 104 Å². The lowest BCUT2D eigenvalue weighted by Crippen LogP contribution is -2.66. The first-order valence-electron chi connectivity index (χ1n) is 14.2. The van der Waals surface area contributed by atoms with E-state index in [4.69, 9.17) is 33.2 Å². The van der Waals surface area contributed by atoms with Crippen LogP contribution in [0.5, 0.6) is 0 Å². The van der Waals surface area contributed by atoms with Crippen molar-refractivity contribution in [2.24, 2.45) is 0 Å². The minimum atomic E-state index is -1.59. The Kier molecular flexibility index (Phi) is 13.9. The van der Waals surface area contributed by atoms with Gasteiger partial charge in [-0.2, -0.15) is 0 Å². The number of alkyl carbamates (subject to hydrolysis) is 1. The van der Waals surface area contributed by atoms with Crippen LogP contribution in [0.25, 0.3) is 0 Å². The number of amides is 2. The minimum Gasteiger partial charge on any atom is -0.463 e. The van der Waals surface area contributed by atoms with E-state index in [9.17, 15) is 33.6 Å². The first-order chi connectivity index (χ1) is 21.4. The lowest BCUT2D eigenvalue weighted by molar-refractivity contribution is -0.257. The zero-order valence-corrected chi connectivity index (χ0v) is 26.7. The molecular weight excluding hydrogens is 612 g/mol. The Morgan fingerprint density at radius 3 is 1.89 bits per heavy atom. The molecule has 0 saturated carbocycles. The molecule has 16 heteroatoms. The Balaban J connectivity index is 2.36. The fourth-order valence-electron chi connectivity index (χ4n) is 4.22. The zero-order chi connectivity index (χ0) is 34.6. The van der Waals surface area contributed by atoms with E-state index in [1.54, 1.807) is 51.1 Å². The summed E-state index contributed by atoms with van der Waals surface area (Å²) in [7, 11) is 0. The van der Waals surface area contributed by atoms with Gasteiger partial charge in [-0.1, -0.05) is 30.3 Å². The number of nitrogens with one attached hydrogen (secondary N) is 2. The first-order valence-corrected chi connectivity index (χ1v) is 14.2. The van der Waals surface area contributed by atoms with Gasteiger partial charge >= 0.3 is 35.9 Å². The maximum atomic E-state index is 13.3. The fourth-order valence-corrected chi connectivity index (χ4v) is 4.22. The summed E-state index contributed by atoms with van der Waals surface area (Å²) >= 11 is 0. The zero-order valence-electron chi connectivity index (χ0n) is 26.7. The molecule has 0 aromatic heterocycles. The Morgan fingerprint density at radius 2 is 1.35 bits per heavy atom. The Bertz CT molecular complexity index is 1260. The second-order valence-electron chi connectivity index (χ2n) is 11.2. The van der Waals surface area contributed by atoms with E-state index in [0.29, 0.717) is 5.56 Å². The molecule has 1 aliphatic rings. The second kappa shape index (κ2) is 17.1. The van der Waals surface area contributed by atoms with E-state index in [0.717, 1.165) is 27.7 Å². The van der Waals surface area contributed by atoms with Gasteiger partial charge in [0, 0.05) is 27.7 Å². The standard InChI is InChI=1S/C30H40N2O14/c1-16(33)40-15-22-24(42-17(2)34)25(43-18(3)35)26(44-19(4)36)27(45-22)32-23(37)13-21(31-29(39)46-30(5,6)7)28(38)41-14-20-11-9-8-10-12-20/h8-12,21-22,24-27H,13-15H2,1-7H3,(H,31,39)(H,32,37)/t21-,22+,24+,25-,26+,27-/m0/s1. The summed E-state index contributed by atoms with van der Waals surface area (Å²) in [5.41, 5.74) is -0.284. The molecule has 1 aromatic carbocycles. The van der Waals surface area contributed by atoms with Crippen molar-refractivity contribution >= 4 is 41.8 Å². The summed E-state index contributed by atoms with van der Waals surface area (Å²) in [6.07, 6.45) is -9.17. The third kappa shape index (κ3) is 13.1. The van der Waals surface area contributed by atoms with Crippen molar-refractivity contribution in [3.05, 3.63) is 35.9 Å². The largest absolute Gasteiger partial charge is 0.463 e. The highest BCUT2D eigenvalue weighted by Gasteiger charge is 2.52. The van der Waals surface area contributed by atoms with Crippen LogP contribution in [-0.2, 0) is 68.5 Å². The van der Waals surface area contributed by atoms with E-state index in [-0.39, 0.29) is 6.61 Å². The molecule has 0 bridgehead atoms. The lowest BCUT2D eigenvalue weighted by Gasteiger charge is -2.44. The van der Waals surface area contributed by atoms with Crippen LogP contribution in [-0.4, -0.2) is 90.7 Å².